The van der Waals surface area contributed by atoms with Crippen molar-refractivity contribution >= 4 is 17.1 Å². The van der Waals surface area contributed by atoms with Crippen molar-refractivity contribution < 1.29 is 0 Å². The zero-order valence-electron chi connectivity index (χ0n) is 13.7. The van der Waals surface area contributed by atoms with Crippen LogP contribution < -0.4 is 5.73 Å². The Morgan fingerprint density at radius 1 is 0.875 bits per heavy atom. The molecule has 1 aliphatic rings. The molecule has 0 radical (unpaired) electrons. The number of nitrogens with zero attached hydrogens (tertiary/aromatic N) is 1. The highest BCUT2D eigenvalue weighted by molar-refractivity contribution is 6.14. The van der Waals surface area contributed by atoms with Crippen molar-refractivity contribution in [2.75, 3.05) is 0 Å². The largest absolute Gasteiger partial charge is 0.396 e. The molecule has 1 aliphatic carbocycles. The molecule has 0 aliphatic heterocycles. The summed E-state index contributed by atoms with van der Waals surface area (Å²) < 4.78 is 0. The van der Waals surface area contributed by atoms with Gasteiger partial charge in [0.15, 0.2) is 0 Å². The molecule has 24 heavy (non-hydrogen) atoms. The van der Waals surface area contributed by atoms with Crippen LogP contribution in [0.4, 0.5) is 0 Å². The van der Waals surface area contributed by atoms with Crippen molar-refractivity contribution in [3.63, 3.8) is 0 Å². The first-order chi connectivity index (χ1) is 11.6. The van der Waals surface area contributed by atoms with E-state index in [-0.39, 0.29) is 0 Å². The van der Waals surface area contributed by atoms with Crippen molar-refractivity contribution in [3.8, 4) is 0 Å². The van der Waals surface area contributed by atoms with Gasteiger partial charge in [0, 0.05) is 5.56 Å². The Hall–Kier alpha value is -3.13. The van der Waals surface area contributed by atoms with Crippen LogP contribution in [0.1, 0.15) is 16.7 Å². The predicted molar refractivity (Wildman–Crippen MR) is 103 cm³/mol. The fraction of sp³-hybridized carbons (Fsp3) is 0.0455. The monoisotopic (exact) mass is 312 g/mol. The van der Waals surface area contributed by atoms with Gasteiger partial charge in [-0.3, -0.25) is 0 Å². The van der Waals surface area contributed by atoms with E-state index in [1.54, 1.807) is 0 Å². The number of aryl methyl sites for hydroxylation is 1. The molecule has 2 nitrogen and oxygen atoms in total. The molecular formula is C22H20N2. The first-order valence-corrected chi connectivity index (χ1v) is 7.90. The Kier molecular flexibility index (Phi) is 4.57. The number of benzene rings is 2. The summed E-state index contributed by atoms with van der Waals surface area (Å²) in [6.45, 7) is 6.11. The minimum absolute atomic E-state index is 0.657. The minimum atomic E-state index is 0.657. The van der Waals surface area contributed by atoms with Crippen LogP contribution in [0, 0.1) is 6.92 Å². The van der Waals surface area contributed by atoms with E-state index in [1.807, 2.05) is 66.8 Å². The van der Waals surface area contributed by atoms with Gasteiger partial charge >= 0.3 is 0 Å². The Bertz CT molecular complexity index is 864. The van der Waals surface area contributed by atoms with E-state index in [2.05, 4.69) is 25.6 Å². The molecule has 0 saturated carbocycles. The molecule has 0 bridgehead atoms. The Labute approximate surface area is 143 Å². The van der Waals surface area contributed by atoms with E-state index in [9.17, 15) is 0 Å². The smallest absolute Gasteiger partial charge is 0.0944 e. The highest BCUT2D eigenvalue weighted by Gasteiger charge is 2.10. The fourth-order valence-corrected chi connectivity index (χ4v) is 2.49. The van der Waals surface area contributed by atoms with Crippen molar-refractivity contribution in [1.29, 1.82) is 0 Å². The lowest BCUT2D eigenvalue weighted by molar-refractivity contribution is 1.40. The maximum Gasteiger partial charge on any atom is 0.0944 e. The Morgan fingerprint density at radius 3 is 2.21 bits per heavy atom. The van der Waals surface area contributed by atoms with Crippen molar-refractivity contribution in [3.05, 3.63) is 108 Å². The standard InChI is InChI=1S/C22H20N2/c1-16-12-14-18(15-13-16)21(23)22(19-9-4-3-5-10-19)24-20-11-7-6-8-17(20)2/h3-15H,2,23H2,1H3/b22-21-,24-20?. The molecule has 0 spiro atoms. The normalized spacial score (nSPS) is 16.4. The second-order valence-corrected chi connectivity index (χ2v) is 5.73. The summed E-state index contributed by atoms with van der Waals surface area (Å²) in [6, 6.07) is 18.2. The topological polar surface area (TPSA) is 38.4 Å². The molecule has 0 aromatic heterocycles. The number of hydrogen-bond acceptors (Lipinski definition) is 2. The second-order valence-electron chi connectivity index (χ2n) is 5.73. The maximum atomic E-state index is 6.48. The minimum Gasteiger partial charge on any atom is -0.396 e. The molecule has 118 valence electrons. The first-order valence-electron chi connectivity index (χ1n) is 7.90. The van der Waals surface area contributed by atoms with Gasteiger partial charge < -0.3 is 5.73 Å². The summed E-state index contributed by atoms with van der Waals surface area (Å²) in [5.74, 6) is 0. The van der Waals surface area contributed by atoms with Crippen molar-refractivity contribution in [1.82, 2.24) is 0 Å². The van der Waals surface area contributed by atoms with E-state index in [0.29, 0.717) is 5.70 Å². The van der Waals surface area contributed by atoms with Gasteiger partial charge in [-0.25, -0.2) is 4.99 Å². The summed E-state index contributed by atoms with van der Waals surface area (Å²) >= 11 is 0. The van der Waals surface area contributed by atoms with Crippen LogP contribution in [0.25, 0.3) is 11.4 Å². The zero-order valence-corrected chi connectivity index (χ0v) is 13.7. The molecule has 3 rings (SSSR count). The molecule has 0 amide bonds. The molecule has 0 saturated heterocycles. The number of hydrogen-bond donors (Lipinski definition) is 1. The van der Waals surface area contributed by atoms with E-state index >= 15 is 0 Å². The first kappa shape index (κ1) is 15.8. The quantitative estimate of drug-likeness (QED) is 0.804. The predicted octanol–water partition coefficient (Wildman–Crippen LogP) is 4.90. The number of rotatable bonds is 3. The lowest BCUT2D eigenvalue weighted by Gasteiger charge is -2.12. The van der Waals surface area contributed by atoms with Crippen LogP contribution in [-0.4, -0.2) is 5.71 Å². The molecule has 2 aromatic carbocycles. The van der Waals surface area contributed by atoms with E-state index < -0.39 is 0 Å². The van der Waals surface area contributed by atoms with E-state index in [4.69, 9.17) is 10.7 Å². The molecule has 2 heteroatoms. The van der Waals surface area contributed by atoms with Gasteiger partial charge in [0.2, 0.25) is 0 Å². The molecule has 0 unspecified atom stereocenters. The van der Waals surface area contributed by atoms with Crippen LogP contribution in [-0.2, 0) is 0 Å². The van der Waals surface area contributed by atoms with Gasteiger partial charge in [-0.15, -0.1) is 0 Å². The summed E-state index contributed by atoms with van der Waals surface area (Å²) in [6.07, 6.45) is 7.81. The van der Waals surface area contributed by atoms with Crippen LogP contribution in [0.3, 0.4) is 0 Å². The van der Waals surface area contributed by atoms with Crippen LogP contribution in [0.15, 0.2) is 96.0 Å². The van der Waals surface area contributed by atoms with Gasteiger partial charge in [-0.2, -0.15) is 0 Å². The fourth-order valence-electron chi connectivity index (χ4n) is 2.49. The summed E-state index contributed by atoms with van der Waals surface area (Å²) in [4.78, 5) is 4.82. The lowest BCUT2D eigenvalue weighted by Crippen LogP contribution is -2.04. The summed E-state index contributed by atoms with van der Waals surface area (Å²) in [5, 5.41) is 0. The van der Waals surface area contributed by atoms with Gasteiger partial charge in [0.25, 0.3) is 0 Å². The van der Waals surface area contributed by atoms with Crippen LogP contribution in [0.2, 0.25) is 0 Å². The van der Waals surface area contributed by atoms with Gasteiger partial charge in [-0.1, -0.05) is 85.0 Å². The third-order valence-corrected chi connectivity index (χ3v) is 3.89. The molecule has 0 heterocycles. The molecule has 2 N–H and O–H groups in total. The highest BCUT2D eigenvalue weighted by atomic mass is 14.8. The molecule has 2 aromatic rings. The summed E-state index contributed by atoms with van der Waals surface area (Å²) in [7, 11) is 0. The second kappa shape index (κ2) is 6.97. The average Bonchev–Trinajstić information content (AvgIpc) is 2.62. The highest BCUT2D eigenvalue weighted by Crippen LogP contribution is 2.26. The van der Waals surface area contributed by atoms with E-state index in [1.165, 1.54) is 5.56 Å². The number of allylic oxidation sites excluding steroid dienone is 5. The SMILES string of the molecule is C=C1C=CC=CC1=N/C(=C(\N)c1ccc(C)cc1)c1ccccc1. The Balaban J connectivity index is 2.15. The third kappa shape index (κ3) is 3.44. The van der Waals surface area contributed by atoms with Crippen molar-refractivity contribution in [2.24, 2.45) is 10.7 Å². The maximum absolute atomic E-state index is 6.48. The molecule has 0 atom stereocenters. The Morgan fingerprint density at radius 2 is 1.54 bits per heavy atom. The zero-order chi connectivity index (χ0) is 16.9. The third-order valence-electron chi connectivity index (χ3n) is 3.89. The van der Waals surface area contributed by atoms with Gasteiger partial charge in [-0.05, 0) is 24.1 Å². The van der Waals surface area contributed by atoms with Gasteiger partial charge in [0.1, 0.15) is 0 Å². The van der Waals surface area contributed by atoms with E-state index in [0.717, 1.165) is 28.1 Å². The number of aliphatic imine (C=N–C) groups is 1. The average molecular weight is 312 g/mol. The number of nitrogens with two attached hydrogens (primary N) is 1. The van der Waals surface area contributed by atoms with Crippen molar-refractivity contribution in [2.45, 2.75) is 6.92 Å². The lowest BCUT2D eigenvalue weighted by atomic mass is 10.0. The molecular weight excluding hydrogens is 292 g/mol. The van der Waals surface area contributed by atoms with Gasteiger partial charge in [0.05, 0.1) is 17.1 Å². The summed E-state index contributed by atoms with van der Waals surface area (Å²) in [5.41, 5.74) is 12.8. The van der Waals surface area contributed by atoms with Crippen LogP contribution >= 0.6 is 0 Å². The molecule has 0 fully saturated rings. The van der Waals surface area contributed by atoms with Crippen LogP contribution in [0.5, 0.6) is 0 Å².